The zero-order valence-electron chi connectivity index (χ0n) is 8.06. The van der Waals surface area contributed by atoms with E-state index < -0.39 is 0 Å². The Morgan fingerprint density at radius 1 is 1.43 bits per heavy atom. The maximum atomic E-state index is 3.57. The summed E-state index contributed by atoms with van der Waals surface area (Å²) in [6, 6.07) is 7.12. The molecule has 0 aliphatic heterocycles. The molecule has 2 rings (SSSR count). The number of benzene rings is 1. The van der Waals surface area contributed by atoms with E-state index in [2.05, 4.69) is 69.0 Å². The molecule has 2 unspecified atom stereocenters. The van der Waals surface area contributed by atoms with Crippen LogP contribution in [0.3, 0.4) is 0 Å². The molecular weight excluding hydrogens is 353 g/mol. The highest BCUT2D eigenvalue weighted by Gasteiger charge is 2.26. The molecule has 14 heavy (non-hydrogen) atoms. The van der Waals surface area contributed by atoms with E-state index in [1.165, 1.54) is 26.6 Å². The molecule has 2 atom stereocenters. The second kappa shape index (κ2) is 4.39. The van der Waals surface area contributed by atoms with Crippen molar-refractivity contribution in [2.75, 3.05) is 5.32 Å². The van der Waals surface area contributed by atoms with Crippen molar-refractivity contribution in [3.63, 3.8) is 0 Å². The molecule has 0 spiro atoms. The van der Waals surface area contributed by atoms with E-state index in [0.717, 1.165) is 5.92 Å². The lowest BCUT2D eigenvalue weighted by atomic mass is 9.81. The third kappa shape index (κ3) is 2.24. The highest BCUT2D eigenvalue weighted by molar-refractivity contribution is 14.1. The summed E-state index contributed by atoms with van der Waals surface area (Å²) >= 11 is 5.85. The Hall–Kier alpha value is 0.230. The number of anilines is 1. The van der Waals surface area contributed by atoms with E-state index in [4.69, 9.17) is 0 Å². The highest BCUT2D eigenvalue weighted by atomic mass is 127. The molecule has 1 nitrogen and oxygen atoms in total. The summed E-state index contributed by atoms with van der Waals surface area (Å²) < 4.78 is 2.44. The summed E-state index contributed by atoms with van der Waals surface area (Å²) in [6.45, 7) is 2.31. The summed E-state index contributed by atoms with van der Waals surface area (Å²) in [5.41, 5.74) is 1.24. The van der Waals surface area contributed by atoms with E-state index >= 15 is 0 Å². The van der Waals surface area contributed by atoms with Crippen LogP contribution in [0.5, 0.6) is 0 Å². The van der Waals surface area contributed by atoms with Gasteiger partial charge in [-0.15, -0.1) is 0 Å². The van der Waals surface area contributed by atoms with Crippen LogP contribution in [0.15, 0.2) is 22.7 Å². The first kappa shape index (κ1) is 10.7. The number of rotatable bonds is 2. The Morgan fingerprint density at radius 2 is 2.21 bits per heavy atom. The molecule has 1 fully saturated rings. The Labute approximate surface area is 107 Å². The maximum Gasteiger partial charge on any atom is 0.0353 e. The number of halogens is 2. The van der Waals surface area contributed by atoms with Crippen molar-refractivity contribution in [3.8, 4) is 0 Å². The van der Waals surface area contributed by atoms with Gasteiger partial charge in [0.2, 0.25) is 0 Å². The summed E-state index contributed by atoms with van der Waals surface area (Å²) in [5, 5.41) is 3.57. The zero-order valence-corrected chi connectivity index (χ0v) is 11.8. The van der Waals surface area contributed by atoms with Crippen molar-refractivity contribution in [1.29, 1.82) is 0 Å². The quantitative estimate of drug-likeness (QED) is 0.772. The van der Waals surface area contributed by atoms with Gasteiger partial charge in [0.25, 0.3) is 0 Å². The number of nitrogens with one attached hydrogen (secondary N) is 1. The summed E-state index contributed by atoms with van der Waals surface area (Å²) in [6.07, 6.45) is 2.68. The van der Waals surface area contributed by atoms with Crippen LogP contribution < -0.4 is 5.32 Å². The first-order chi connectivity index (χ1) is 6.66. The largest absolute Gasteiger partial charge is 0.382 e. The molecule has 1 aliphatic rings. The topological polar surface area (TPSA) is 12.0 Å². The Morgan fingerprint density at radius 3 is 2.71 bits per heavy atom. The van der Waals surface area contributed by atoms with Gasteiger partial charge in [0.1, 0.15) is 0 Å². The van der Waals surface area contributed by atoms with Crippen LogP contribution in [-0.4, -0.2) is 6.04 Å². The Kier molecular flexibility index (Phi) is 3.37. The molecule has 0 aromatic heterocycles. The van der Waals surface area contributed by atoms with Crippen LogP contribution in [-0.2, 0) is 0 Å². The molecule has 3 heteroatoms. The van der Waals surface area contributed by atoms with Gasteiger partial charge in [0, 0.05) is 19.8 Å². The molecular formula is C11H13BrIN. The molecule has 0 bridgehead atoms. The predicted molar refractivity (Wildman–Crippen MR) is 72.7 cm³/mol. The van der Waals surface area contributed by atoms with Crippen molar-refractivity contribution in [2.24, 2.45) is 5.92 Å². The highest BCUT2D eigenvalue weighted by Crippen LogP contribution is 2.31. The zero-order chi connectivity index (χ0) is 10.1. The average Bonchev–Trinajstić information content (AvgIpc) is 2.17. The molecule has 0 amide bonds. The van der Waals surface area contributed by atoms with Crippen molar-refractivity contribution in [3.05, 3.63) is 26.2 Å². The second-order valence-corrected chi connectivity index (χ2v) is 5.95. The van der Waals surface area contributed by atoms with Crippen LogP contribution in [0, 0.1) is 9.49 Å². The lowest BCUT2D eigenvalue weighted by Gasteiger charge is -2.35. The molecule has 1 aliphatic carbocycles. The fourth-order valence-electron chi connectivity index (χ4n) is 1.68. The molecule has 0 radical (unpaired) electrons. The second-order valence-electron chi connectivity index (χ2n) is 3.93. The fourth-order valence-corrected chi connectivity index (χ4v) is 2.44. The van der Waals surface area contributed by atoms with Crippen LogP contribution in [0.4, 0.5) is 5.69 Å². The first-order valence-electron chi connectivity index (χ1n) is 4.88. The van der Waals surface area contributed by atoms with Gasteiger partial charge in [0.05, 0.1) is 0 Å². The molecule has 1 aromatic rings. The average molecular weight is 366 g/mol. The van der Waals surface area contributed by atoms with Gasteiger partial charge in [0.15, 0.2) is 0 Å². The third-order valence-corrected chi connectivity index (χ3v) is 5.22. The normalized spacial score (nSPS) is 25.6. The molecule has 0 heterocycles. The Bertz CT molecular complexity index is 340. The minimum atomic E-state index is 0.687. The van der Waals surface area contributed by atoms with Gasteiger partial charge in [-0.25, -0.2) is 0 Å². The van der Waals surface area contributed by atoms with Crippen LogP contribution in [0.1, 0.15) is 19.8 Å². The Balaban J connectivity index is 2.06. The van der Waals surface area contributed by atoms with Crippen molar-refractivity contribution >= 4 is 44.2 Å². The van der Waals surface area contributed by atoms with Gasteiger partial charge in [-0.2, -0.15) is 0 Å². The van der Waals surface area contributed by atoms with Gasteiger partial charge < -0.3 is 5.32 Å². The first-order valence-corrected chi connectivity index (χ1v) is 6.75. The van der Waals surface area contributed by atoms with Gasteiger partial charge in [-0.1, -0.05) is 6.92 Å². The van der Waals surface area contributed by atoms with Gasteiger partial charge >= 0.3 is 0 Å². The smallest absolute Gasteiger partial charge is 0.0353 e. The molecule has 76 valence electrons. The molecule has 1 N–H and O–H groups in total. The predicted octanol–water partition coefficient (Wildman–Crippen LogP) is 4.26. The van der Waals surface area contributed by atoms with Crippen molar-refractivity contribution in [1.82, 2.24) is 0 Å². The summed E-state index contributed by atoms with van der Waals surface area (Å²) in [4.78, 5) is 0. The van der Waals surface area contributed by atoms with E-state index in [9.17, 15) is 0 Å². The fraction of sp³-hybridized carbons (Fsp3) is 0.455. The SMILES string of the molecule is CC1CCC1Nc1ccc(Br)c(I)c1. The molecule has 0 saturated heterocycles. The van der Waals surface area contributed by atoms with Gasteiger partial charge in [-0.05, 0) is 75.5 Å². The lowest BCUT2D eigenvalue weighted by Crippen LogP contribution is -2.36. The van der Waals surface area contributed by atoms with E-state index in [0.29, 0.717) is 6.04 Å². The summed E-state index contributed by atoms with van der Waals surface area (Å²) in [7, 11) is 0. The van der Waals surface area contributed by atoms with Crippen LogP contribution in [0.2, 0.25) is 0 Å². The minimum Gasteiger partial charge on any atom is -0.382 e. The number of hydrogen-bond acceptors (Lipinski definition) is 1. The van der Waals surface area contributed by atoms with Gasteiger partial charge in [-0.3, -0.25) is 0 Å². The number of hydrogen-bond donors (Lipinski definition) is 1. The van der Waals surface area contributed by atoms with E-state index in [1.54, 1.807) is 0 Å². The third-order valence-electron chi connectivity index (χ3n) is 2.89. The minimum absolute atomic E-state index is 0.687. The molecule has 1 saturated carbocycles. The van der Waals surface area contributed by atoms with Crippen molar-refractivity contribution < 1.29 is 0 Å². The van der Waals surface area contributed by atoms with Crippen molar-refractivity contribution in [2.45, 2.75) is 25.8 Å². The monoisotopic (exact) mass is 365 g/mol. The van der Waals surface area contributed by atoms with Crippen LogP contribution in [0.25, 0.3) is 0 Å². The van der Waals surface area contributed by atoms with E-state index in [1.807, 2.05) is 0 Å². The molecule has 1 aromatic carbocycles. The summed E-state index contributed by atoms with van der Waals surface area (Å²) in [5.74, 6) is 0.830. The lowest BCUT2D eigenvalue weighted by molar-refractivity contribution is 0.303. The maximum absolute atomic E-state index is 3.57. The van der Waals surface area contributed by atoms with E-state index in [-0.39, 0.29) is 0 Å². The van der Waals surface area contributed by atoms with Crippen LogP contribution >= 0.6 is 38.5 Å². The standard InChI is InChI=1S/C11H13BrIN/c1-7-2-5-11(7)14-8-3-4-9(12)10(13)6-8/h3-4,6-7,11,14H,2,5H2,1H3.